The summed E-state index contributed by atoms with van der Waals surface area (Å²) >= 11 is 0. The van der Waals surface area contributed by atoms with Crippen molar-refractivity contribution >= 4 is 0 Å². The Kier molecular flexibility index (Phi) is 5.35. The first kappa shape index (κ1) is 21.4. The molecule has 1 N–H and O–H groups in total. The van der Waals surface area contributed by atoms with Gasteiger partial charge >= 0.3 is 12.4 Å². The summed E-state index contributed by atoms with van der Waals surface area (Å²) in [6.07, 6.45) is -12.0. The minimum absolute atomic E-state index is 0.0510. The van der Waals surface area contributed by atoms with Crippen LogP contribution in [0.3, 0.4) is 0 Å². The highest BCUT2D eigenvalue weighted by molar-refractivity contribution is 5.84. The second kappa shape index (κ2) is 7.50. The van der Waals surface area contributed by atoms with Crippen molar-refractivity contribution in [3.05, 3.63) is 83.9 Å². The Morgan fingerprint density at radius 2 is 1.27 bits per heavy atom. The lowest BCUT2D eigenvalue weighted by Crippen LogP contribution is -2.53. The predicted molar refractivity (Wildman–Crippen MR) is 98.0 cm³/mol. The fourth-order valence-electron chi connectivity index (χ4n) is 3.12. The third kappa shape index (κ3) is 3.64. The van der Waals surface area contributed by atoms with Gasteiger partial charge in [-0.3, -0.25) is 0 Å². The monoisotopic (exact) mass is 421 g/mol. The summed E-state index contributed by atoms with van der Waals surface area (Å²) in [4.78, 5) is 0. The van der Waals surface area contributed by atoms with E-state index in [1.807, 2.05) is 6.07 Å². The molecular formula is C22H13F6NO. The molecule has 0 aliphatic heterocycles. The summed E-state index contributed by atoms with van der Waals surface area (Å²) in [7, 11) is 0. The maximum Gasteiger partial charge on any atom is 0.430 e. The molecule has 0 atom stereocenters. The molecule has 0 aromatic heterocycles. The van der Waals surface area contributed by atoms with Crippen molar-refractivity contribution in [2.75, 3.05) is 0 Å². The normalized spacial score (nSPS) is 12.5. The van der Waals surface area contributed by atoms with E-state index in [1.165, 1.54) is 24.3 Å². The summed E-state index contributed by atoms with van der Waals surface area (Å²) < 4.78 is 80.0. The van der Waals surface area contributed by atoms with Gasteiger partial charge in [0.15, 0.2) is 0 Å². The van der Waals surface area contributed by atoms with Crippen molar-refractivity contribution in [2.45, 2.75) is 18.0 Å². The number of aliphatic hydroxyl groups is 1. The van der Waals surface area contributed by atoms with Crippen LogP contribution in [-0.2, 0) is 5.60 Å². The number of halogens is 6. The summed E-state index contributed by atoms with van der Waals surface area (Å²) in [5.41, 5.74) is -4.95. The van der Waals surface area contributed by atoms with Gasteiger partial charge in [-0.1, -0.05) is 54.6 Å². The van der Waals surface area contributed by atoms with Gasteiger partial charge in [0.25, 0.3) is 5.60 Å². The summed E-state index contributed by atoms with van der Waals surface area (Å²) in [5, 5.41) is 18.9. The molecule has 0 saturated carbocycles. The molecule has 0 spiro atoms. The van der Waals surface area contributed by atoms with Crippen LogP contribution in [0, 0.1) is 11.3 Å². The zero-order valence-electron chi connectivity index (χ0n) is 15.1. The van der Waals surface area contributed by atoms with Crippen LogP contribution in [0.15, 0.2) is 72.8 Å². The van der Waals surface area contributed by atoms with E-state index in [2.05, 4.69) is 0 Å². The van der Waals surface area contributed by atoms with Gasteiger partial charge in [-0.25, -0.2) is 0 Å². The van der Waals surface area contributed by atoms with Crippen molar-refractivity contribution < 1.29 is 31.4 Å². The van der Waals surface area contributed by atoms with Gasteiger partial charge in [0, 0.05) is 5.56 Å². The van der Waals surface area contributed by atoms with Gasteiger partial charge < -0.3 is 5.11 Å². The van der Waals surface area contributed by atoms with E-state index in [0.29, 0.717) is 28.8 Å². The molecule has 3 aromatic carbocycles. The Balaban J connectivity index is 2.32. The Hall–Kier alpha value is -3.31. The van der Waals surface area contributed by atoms with Gasteiger partial charge in [0.1, 0.15) is 0 Å². The van der Waals surface area contributed by atoms with Crippen molar-refractivity contribution in [1.29, 1.82) is 5.26 Å². The lowest BCUT2D eigenvalue weighted by atomic mass is 9.86. The van der Waals surface area contributed by atoms with Crippen LogP contribution in [-0.4, -0.2) is 17.5 Å². The largest absolute Gasteiger partial charge is 0.430 e. The molecule has 3 aromatic rings. The predicted octanol–water partition coefficient (Wildman–Crippen LogP) is 6.20. The van der Waals surface area contributed by atoms with Crippen LogP contribution in [0.5, 0.6) is 0 Å². The van der Waals surface area contributed by atoms with E-state index in [4.69, 9.17) is 5.26 Å². The van der Waals surface area contributed by atoms with Crippen molar-refractivity contribution in [3.63, 3.8) is 0 Å². The van der Waals surface area contributed by atoms with Crippen LogP contribution >= 0.6 is 0 Å². The molecule has 0 radical (unpaired) electrons. The van der Waals surface area contributed by atoms with Crippen molar-refractivity contribution in [3.8, 4) is 28.3 Å². The minimum Gasteiger partial charge on any atom is -0.369 e. The highest BCUT2D eigenvalue weighted by atomic mass is 19.4. The molecule has 30 heavy (non-hydrogen) atoms. The molecule has 0 saturated heterocycles. The number of hydrogen-bond acceptors (Lipinski definition) is 2. The third-order valence-corrected chi connectivity index (χ3v) is 4.65. The lowest BCUT2D eigenvalue weighted by Gasteiger charge is -2.33. The summed E-state index contributed by atoms with van der Waals surface area (Å²) in [6, 6.07) is 18.3. The highest BCUT2D eigenvalue weighted by Gasteiger charge is 2.71. The van der Waals surface area contributed by atoms with Crippen LogP contribution in [0.25, 0.3) is 22.3 Å². The van der Waals surface area contributed by atoms with E-state index in [0.717, 1.165) is 6.07 Å². The van der Waals surface area contributed by atoms with Gasteiger partial charge in [0.2, 0.25) is 0 Å². The zero-order valence-corrected chi connectivity index (χ0v) is 15.1. The molecule has 0 aliphatic carbocycles. The molecule has 8 heteroatoms. The topological polar surface area (TPSA) is 44.0 Å². The first-order valence-electron chi connectivity index (χ1n) is 8.55. The minimum atomic E-state index is -5.98. The van der Waals surface area contributed by atoms with Gasteiger partial charge in [-0.05, 0) is 40.5 Å². The van der Waals surface area contributed by atoms with Gasteiger partial charge in [-0.2, -0.15) is 31.6 Å². The SMILES string of the molecule is N#Cc1cccc(-c2ccc(C(O)(C(F)(F)F)C(F)(F)F)cc2-c2ccccc2)c1. The van der Waals surface area contributed by atoms with Crippen LogP contribution in [0.1, 0.15) is 11.1 Å². The number of benzene rings is 3. The van der Waals surface area contributed by atoms with Crippen molar-refractivity contribution in [1.82, 2.24) is 0 Å². The first-order chi connectivity index (χ1) is 14.0. The highest BCUT2D eigenvalue weighted by Crippen LogP contribution is 2.51. The van der Waals surface area contributed by atoms with E-state index in [9.17, 15) is 31.4 Å². The van der Waals surface area contributed by atoms with E-state index >= 15 is 0 Å². The standard InChI is InChI=1S/C22H13F6NO/c23-21(24,25)20(30,22(26,27)28)17-9-10-18(16-8-4-5-14(11-16)13-29)19(12-17)15-6-2-1-3-7-15/h1-12,30H. The molecule has 0 fully saturated rings. The molecule has 154 valence electrons. The summed E-state index contributed by atoms with van der Waals surface area (Å²) in [6.45, 7) is 0. The number of nitriles is 1. The fraction of sp³-hybridized carbons (Fsp3) is 0.136. The second-order valence-electron chi connectivity index (χ2n) is 6.52. The molecule has 3 rings (SSSR count). The van der Waals surface area contributed by atoms with Crippen LogP contribution in [0.4, 0.5) is 26.3 Å². The Bertz CT molecular complexity index is 1080. The van der Waals surface area contributed by atoms with Gasteiger partial charge in [-0.15, -0.1) is 0 Å². The number of alkyl halides is 6. The Labute approximate surface area is 167 Å². The molecule has 0 bridgehead atoms. The number of nitrogens with zero attached hydrogens (tertiary/aromatic N) is 1. The molecule has 0 aliphatic rings. The quantitative estimate of drug-likeness (QED) is 0.512. The Morgan fingerprint density at radius 3 is 1.83 bits per heavy atom. The number of hydrogen-bond donors (Lipinski definition) is 1. The summed E-state index contributed by atoms with van der Waals surface area (Å²) in [5.74, 6) is 0. The third-order valence-electron chi connectivity index (χ3n) is 4.65. The molecular weight excluding hydrogens is 408 g/mol. The Morgan fingerprint density at radius 1 is 0.667 bits per heavy atom. The maximum absolute atomic E-state index is 13.3. The first-order valence-corrected chi connectivity index (χ1v) is 8.55. The van der Waals surface area contributed by atoms with Crippen molar-refractivity contribution in [2.24, 2.45) is 0 Å². The molecule has 0 heterocycles. The molecule has 0 amide bonds. The fourth-order valence-corrected chi connectivity index (χ4v) is 3.12. The average Bonchev–Trinajstić information content (AvgIpc) is 2.71. The van der Waals surface area contributed by atoms with E-state index in [-0.39, 0.29) is 11.1 Å². The smallest absolute Gasteiger partial charge is 0.369 e. The lowest BCUT2D eigenvalue weighted by molar-refractivity contribution is -0.376. The molecule has 2 nitrogen and oxygen atoms in total. The molecule has 0 unspecified atom stereocenters. The van der Waals surface area contributed by atoms with Crippen LogP contribution in [0.2, 0.25) is 0 Å². The van der Waals surface area contributed by atoms with Crippen LogP contribution < -0.4 is 0 Å². The average molecular weight is 421 g/mol. The van der Waals surface area contributed by atoms with E-state index < -0.39 is 23.5 Å². The number of rotatable bonds is 3. The maximum atomic E-state index is 13.3. The second-order valence-corrected chi connectivity index (χ2v) is 6.52. The van der Waals surface area contributed by atoms with Gasteiger partial charge in [0.05, 0.1) is 11.6 Å². The zero-order chi connectivity index (χ0) is 22.2. The van der Waals surface area contributed by atoms with E-state index in [1.54, 1.807) is 30.3 Å².